The molecule has 0 radical (unpaired) electrons. The van der Waals surface area contributed by atoms with Gasteiger partial charge in [0.15, 0.2) is 5.03 Å². The van der Waals surface area contributed by atoms with Crippen LogP contribution in [0.15, 0.2) is 41.8 Å². The highest BCUT2D eigenvalue weighted by molar-refractivity contribution is 7.92. The molecule has 1 aromatic heterocycles. The quantitative estimate of drug-likeness (QED) is 0.744. The topological polar surface area (TPSA) is 101 Å². The number of nitrogens with two attached hydrogens (primary N) is 1. The van der Waals surface area contributed by atoms with Crippen molar-refractivity contribution in [1.29, 1.82) is 0 Å². The molecule has 0 bridgehead atoms. The predicted octanol–water partition coefficient (Wildman–Crippen LogP) is 0.669. The molecule has 0 amide bonds. The molecule has 7 heteroatoms. The number of benzene rings is 1. The minimum Gasteiger partial charge on any atom is -0.334 e. The van der Waals surface area contributed by atoms with E-state index in [0.717, 1.165) is 5.56 Å². The lowest BCUT2D eigenvalue weighted by atomic mass is 10.2. The second-order valence-electron chi connectivity index (χ2n) is 3.38. The molecular formula is C10H12N4O2S. The molecule has 90 valence electrons. The molecule has 2 rings (SSSR count). The van der Waals surface area contributed by atoms with Crippen molar-refractivity contribution in [2.24, 2.45) is 5.73 Å². The van der Waals surface area contributed by atoms with E-state index in [-0.39, 0.29) is 11.6 Å². The molecule has 17 heavy (non-hydrogen) atoms. The molecule has 6 nitrogen and oxygen atoms in total. The Hall–Kier alpha value is -1.86. The summed E-state index contributed by atoms with van der Waals surface area (Å²) in [6, 6.07) is 6.97. The van der Waals surface area contributed by atoms with Gasteiger partial charge in [0.2, 0.25) is 0 Å². The first kappa shape index (κ1) is 11.6. The summed E-state index contributed by atoms with van der Waals surface area (Å²) in [7, 11) is -3.63. The standard InChI is InChI=1S/C10H12N4O2S/c11-5-8-3-1-2-4-9(8)14-17(15,16)10-6-12-7-13-10/h1-4,6-7,14H,5,11H2,(H,12,13). The minimum absolute atomic E-state index is 0.0179. The second-order valence-corrected chi connectivity index (χ2v) is 5.03. The fraction of sp³-hybridized carbons (Fsp3) is 0.100. The Morgan fingerprint density at radius 2 is 2.12 bits per heavy atom. The Bertz CT molecular complexity index is 593. The van der Waals surface area contributed by atoms with Crippen LogP contribution < -0.4 is 10.5 Å². The number of H-pyrrole nitrogens is 1. The van der Waals surface area contributed by atoms with Crippen molar-refractivity contribution >= 4 is 15.7 Å². The number of anilines is 1. The highest BCUT2D eigenvalue weighted by Crippen LogP contribution is 2.18. The number of hydrogen-bond acceptors (Lipinski definition) is 4. The Morgan fingerprint density at radius 3 is 2.76 bits per heavy atom. The van der Waals surface area contributed by atoms with Gasteiger partial charge in [-0.25, -0.2) is 4.98 Å². The molecular weight excluding hydrogens is 240 g/mol. The largest absolute Gasteiger partial charge is 0.334 e. The van der Waals surface area contributed by atoms with Crippen molar-refractivity contribution in [3.05, 3.63) is 42.4 Å². The average Bonchev–Trinajstić information content (AvgIpc) is 2.83. The molecule has 1 aromatic carbocycles. The van der Waals surface area contributed by atoms with Gasteiger partial charge in [-0.15, -0.1) is 0 Å². The van der Waals surface area contributed by atoms with Crippen LogP contribution in [-0.2, 0) is 16.6 Å². The first-order chi connectivity index (χ1) is 8.13. The summed E-state index contributed by atoms with van der Waals surface area (Å²) < 4.78 is 26.3. The molecule has 0 aliphatic heterocycles. The first-order valence-corrected chi connectivity index (χ1v) is 6.41. The third-order valence-corrected chi connectivity index (χ3v) is 3.54. The van der Waals surface area contributed by atoms with Crippen molar-refractivity contribution in [2.75, 3.05) is 4.72 Å². The molecule has 4 N–H and O–H groups in total. The Morgan fingerprint density at radius 1 is 1.35 bits per heavy atom. The molecule has 0 spiro atoms. The monoisotopic (exact) mass is 252 g/mol. The lowest BCUT2D eigenvalue weighted by molar-refractivity contribution is 0.598. The summed E-state index contributed by atoms with van der Waals surface area (Å²) in [6.07, 6.45) is 2.55. The maximum Gasteiger partial charge on any atom is 0.278 e. The Balaban J connectivity index is 2.33. The summed E-state index contributed by atoms with van der Waals surface area (Å²) >= 11 is 0. The number of nitrogens with zero attached hydrogens (tertiary/aromatic N) is 1. The maximum atomic E-state index is 11.9. The highest BCUT2D eigenvalue weighted by Gasteiger charge is 2.16. The van der Waals surface area contributed by atoms with Gasteiger partial charge < -0.3 is 10.7 Å². The SMILES string of the molecule is NCc1ccccc1NS(=O)(=O)c1cnc[nH]1. The summed E-state index contributed by atoms with van der Waals surface area (Å²) in [6.45, 7) is 0.266. The van der Waals surface area contributed by atoms with E-state index in [1.807, 2.05) is 0 Å². The van der Waals surface area contributed by atoms with E-state index in [9.17, 15) is 8.42 Å². The van der Waals surface area contributed by atoms with Crippen LogP contribution in [0.2, 0.25) is 0 Å². The summed E-state index contributed by atoms with van der Waals surface area (Å²) in [4.78, 5) is 6.22. The summed E-state index contributed by atoms with van der Waals surface area (Å²) in [5, 5.41) is 0.0179. The number of imidazole rings is 1. The van der Waals surface area contributed by atoms with E-state index in [0.29, 0.717) is 5.69 Å². The van der Waals surface area contributed by atoms with Crippen LogP contribution in [0.3, 0.4) is 0 Å². The van der Waals surface area contributed by atoms with Gasteiger partial charge in [0, 0.05) is 6.54 Å². The van der Waals surface area contributed by atoms with Gasteiger partial charge in [-0.2, -0.15) is 8.42 Å². The zero-order chi connectivity index (χ0) is 12.3. The fourth-order valence-corrected chi connectivity index (χ4v) is 2.39. The van der Waals surface area contributed by atoms with Gasteiger partial charge in [-0.05, 0) is 11.6 Å². The molecule has 0 saturated heterocycles. The maximum absolute atomic E-state index is 11.9. The zero-order valence-electron chi connectivity index (χ0n) is 8.92. The van der Waals surface area contributed by atoms with Gasteiger partial charge in [-0.3, -0.25) is 4.72 Å². The third kappa shape index (κ3) is 2.45. The van der Waals surface area contributed by atoms with Crippen LogP contribution in [0.4, 0.5) is 5.69 Å². The number of aromatic amines is 1. The highest BCUT2D eigenvalue weighted by atomic mass is 32.2. The molecule has 1 heterocycles. The average molecular weight is 252 g/mol. The lowest BCUT2D eigenvalue weighted by Gasteiger charge is -2.09. The second kappa shape index (κ2) is 4.56. The van der Waals surface area contributed by atoms with Crippen molar-refractivity contribution in [3.8, 4) is 0 Å². The number of para-hydroxylation sites is 1. The van der Waals surface area contributed by atoms with E-state index in [1.165, 1.54) is 12.5 Å². The summed E-state index contributed by atoms with van der Waals surface area (Å²) in [5.41, 5.74) is 6.74. The molecule has 0 unspecified atom stereocenters. The molecule has 0 aliphatic rings. The fourth-order valence-electron chi connectivity index (χ4n) is 1.39. The Labute approximate surface area is 98.9 Å². The van der Waals surface area contributed by atoms with Crippen LogP contribution in [-0.4, -0.2) is 18.4 Å². The van der Waals surface area contributed by atoms with E-state index < -0.39 is 10.0 Å². The molecule has 0 saturated carbocycles. The van der Waals surface area contributed by atoms with E-state index in [1.54, 1.807) is 24.3 Å². The summed E-state index contributed by atoms with van der Waals surface area (Å²) in [5.74, 6) is 0. The smallest absolute Gasteiger partial charge is 0.278 e. The van der Waals surface area contributed by atoms with Crippen LogP contribution in [0, 0.1) is 0 Å². The lowest BCUT2D eigenvalue weighted by Crippen LogP contribution is -2.15. The molecule has 0 atom stereocenters. The van der Waals surface area contributed by atoms with Gasteiger partial charge in [0.25, 0.3) is 10.0 Å². The minimum atomic E-state index is -3.63. The van der Waals surface area contributed by atoms with E-state index in [2.05, 4.69) is 14.7 Å². The van der Waals surface area contributed by atoms with Crippen LogP contribution in [0.5, 0.6) is 0 Å². The molecule has 0 fully saturated rings. The number of rotatable bonds is 4. The number of nitrogens with one attached hydrogen (secondary N) is 2. The van der Waals surface area contributed by atoms with Crippen molar-refractivity contribution < 1.29 is 8.42 Å². The van der Waals surface area contributed by atoms with Gasteiger partial charge in [0.1, 0.15) is 0 Å². The first-order valence-electron chi connectivity index (χ1n) is 4.92. The molecule has 0 aliphatic carbocycles. The number of aromatic nitrogens is 2. The van der Waals surface area contributed by atoms with Gasteiger partial charge >= 0.3 is 0 Å². The van der Waals surface area contributed by atoms with E-state index >= 15 is 0 Å². The van der Waals surface area contributed by atoms with Crippen LogP contribution >= 0.6 is 0 Å². The van der Waals surface area contributed by atoms with E-state index in [4.69, 9.17) is 5.73 Å². The predicted molar refractivity (Wildman–Crippen MR) is 63.7 cm³/mol. The van der Waals surface area contributed by atoms with Gasteiger partial charge in [-0.1, -0.05) is 18.2 Å². The normalized spacial score (nSPS) is 11.4. The molecule has 2 aromatic rings. The van der Waals surface area contributed by atoms with Gasteiger partial charge in [0.05, 0.1) is 18.2 Å². The zero-order valence-corrected chi connectivity index (χ0v) is 9.74. The number of sulfonamides is 1. The Kier molecular flexibility index (Phi) is 3.12. The number of hydrogen-bond donors (Lipinski definition) is 3. The van der Waals surface area contributed by atoms with Crippen LogP contribution in [0.1, 0.15) is 5.56 Å². The third-order valence-electron chi connectivity index (χ3n) is 2.24. The van der Waals surface area contributed by atoms with Crippen molar-refractivity contribution in [1.82, 2.24) is 9.97 Å². The van der Waals surface area contributed by atoms with Crippen molar-refractivity contribution in [3.63, 3.8) is 0 Å². The van der Waals surface area contributed by atoms with Crippen LogP contribution in [0.25, 0.3) is 0 Å². The van der Waals surface area contributed by atoms with Crippen molar-refractivity contribution in [2.45, 2.75) is 11.6 Å².